The van der Waals surface area contributed by atoms with Gasteiger partial charge in [0.05, 0.1) is 11.7 Å². The van der Waals surface area contributed by atoms with Gasteiger partial charge in [-0.25, -0.2) is 0 Å². The third kappa shape index (κ3) is 4.79. The number of unbranched alkanes of at least 4 members (excludes halogenated alkanes) is 1. The first-order valence-electron chi connectivity index (χ1n) is 5.62. The van der Waals surface area contributed by atoms with Crippen LogP contribution in [0.3, 0.4) is 0 Å². The molecule has 1 unspecified atom stereocenters. The summed E-state index contributed by atoms with van der Waals surface area (Å²) in [5.74, 6) is 0.568. The maximum atomic E-state index is 11.0. The van der Waals surface area contributed by atoms with Gasteiger partial charge in [-0.1, -0.05) is 6.42 Å². The van der Waals surface area contributed by atoms with Gasteiger partial charge in [0.15, 0.2) is 0 Å². The molecule has 1 rings (SSSR count). The van der Waals surface area contributed by atoms with Gasteiger partial charge in [-0.2, -0.15) is 5.10 Å². The summed E-state index contributed by atoms with van der Waals surface area (Å²) in [6, 6.07) is 0. The van der Waals surface area contributed by atoms with E-state index in [0.717, 1.165) is 23.5 Å². The zero-order valence-electron chi connectivity index (χ0n) is 10.3. The van der Waals surface area contributed by atoms with Crippen LogP contribution in [0.5, 0.6) is 0 Å². The van der Waals surface area contributed by atoms with Crippen molar-refractivity contribution >= 4 is 17.7 Å². The number of amides is 1. The van der Waals surface area contributed by atoms with E-state index in [1.165, 1.54) is 0 Å². The number of aromatic nitrogens is 2. The number of aryl methyl sites for hydroxylation is 1. The fourth-order valence-electron chi connectivity index (χ4n) is 1.38. The van der Waals surface area contributed by atoms with E-state index in [1.807, 2.05) is 19.4 Å². The average molecular weight is 256 g/mol. The molecule has 0 bridgehead atoms. The summed E-state index contributed by atoms with van der Waals surface area (Å²) in [4.78, 5) is 12.2. The number of nitrogens with zero attached hydrogens (tertiary/aromatic N) is 2. The molecule has 0 aliphatic carbocycles. The molecule has 6 heteroatoms. The molecule has 0 spiro atoms. The molecule has 0 radical (unpaired) electrons. The monoisotopic (exact) mass is 256 g/mol. The largest absolute Gasteiger partial charge is 0.368 e. The van der Waals surface area contributed by atoms with Gasteiger partial charge < -0.3 is 11.5 Å². The lowest BCUT2D eigenvalue weighted by Gasteiger charge is -2.19. The highest BCUT2D eigenvalue weighted by Crippen LogP contribution is 2.19. The summed E-state index contributed by atoms with van der Waals surface area (Å²) < 4.78 is 1.78. The quantitative estimate of drug-likeness (QED) is 0.560. The van der Waals surface area contributed by atoms with Crippen LogP contribution in [0.1, 0.15) is 26.2 Å². The second kappa shape index (κ2) is 6.07. The Morgan fingerprint density at radius 2 is 2.29 bits per heavy atom. The SMILES string of the molecule is Cn1cc(SCCCCC(C)(N)C(N)=O)cn1. The summed E-state index contributed by atoms with van der Waals surface area (Å²) in [6.45, 7) is 1.68. The summed E-state index contributed by atoms with van der Waals surface area (Å²) in [7, 11) is 1.90. The predicted molar refractivity (Wildman–Crippen MR) is 69.6 cm³/mol. The molecule has 0 saturated carbocycles. The van der Waals surface area contributed by atoms with Gasteiger partial charge in [-0.05, 0) is 25.5 Å². The molecule has 0 aliphatic rings. The van der Waals surface area contributed by atoms with Crippen molar-refractivity contribution < 1.29 is 4.79 Å². The molecule has 1 heterocycles. The molecule has 5 nitrogen and oxygen atoms in total. The van der Waals surface area contributed by atoms with Crippen molar-refractivity contribution in [3.63, 3.8) is 0 Å². The summed E-state index contributed by atoms with van der Waals surface area (Å²) >= 11 is 1.76. The molecule has 1 atom stereocenters. The van der Waals surface area contributed by atoms with E-state index in [0.29, 0.717) is 6.42 Å². The Morgan fingerprint density at radius 3 is 2.82 bits per heavy atom. The maximum Gasteiger partial charge on any atom is 0.237 e. The normalized spacial score (nSPS) is 14.5. The standard InChI is InChI=1S/C11H20N4OS/c1-11(13,10(12)16)5-3-4-6-17-9-7-14-15(2)8-9/h7-8H,3-6,13H2,1-2H3,(H2,12,16). The number of thioether (sulfide) groups is 1. The number of hydrogen-bond donors (Lipinski definition) is 2. The molecule has 0 aromatic carbocycles. The van der Waals surface area contributed by atoms with Crippen molar-refractivity contribution in [1.29, 1.82) is 0 Å². The smallest absolute Gasteiger partial charge is 0.237 e. The second-order valence-corrected chi connectivity index (χ2v) is 5.61. The number of carbonyl (C=O) groups excluding carboxylic acids is 1. The Labute approximate surface area is 106 Å². The molecular weight excluding hydrogens is 236 g/mol. The van der Waals surface area contributed by atoms with Gasteiger partial charge in [-0.3, -0.25) is 9.48 Å². The average Bonchev–Trinajstić information content (AvgIpc) is 2.63. The van der Waals surface area contributed by atoms with Gasteiger partial charge in [0, 0.05) is 18.1 Å². The fraction of sp³-hybridized carbons (Fsp3) is 0.636. The number of rotatable bonds is 7. The number of primary amides is 1. The molecule has 1 aromatic rings. The first-order valence-corrected chi connectivity index (χ1v) is 6.60. The first kappa shape index (κ1) is 14.1. The van der Waals surface area contributed by atoms with Crippen molar-refractivity contribution in [3.05, 3.63) is 12.4 Å². The van der Waals surface area contributed by atoms with Crippen LogP contribution in [0, 0.1) is 0 Å². The van der Waals surface area contributed by atoms with Crippen LogP contribution in [-0.2, 0) is 11.8 Å². The molecule has 96 valence electrons. The molecule has 0 saturated heterocycles. The van der Waals surface area contributed by atoms with Crippen molar-refractivity contribution in [2.75, 3.05) is 5.75 Å². The molecule has 17 heavy (non-hydrogen) atoms. The zero-order valence-corrected chi connectivity index (χ0v) is 11.2. The highest BCUT2D eigenvalue weighted by molar-refractivity contribution is 7.99. The topological polar surface area (TPSA) is 86.9 Å². The third-order valence-electron chi connectivity index (χ3n) is 2.60. The van der Waals surface area contributed by atoms with Crippen molar-refractivity contribution in [2.45, 2.75) is 36.6 Å². The number of hydrogen-bond acceptors (Lipinski definition) is 4. The molecule has 1 amide bonds. The molecule has 0 fully saturated rings. The Bertz CT molecular complexity index is 375. The van der Waals surface area contributed by atoms with Crippen LogP contribution in [0.25, 0.3) is 0 Å². The van der Waals surface area contributed by atoms with Gasteiger partial charge >= 0.3 is 0 Å². The fourth-order valence-corrected chi connectivity index (χ4v) is 2.31. The minimum absolute atomic E-state index is 0.433. The predicted octanol–water partition coefficient (Wildman–Crippen LogP) is 0.885. The van der Waals surface area contributed by atoms with Crippen molar-refractivity contribution in [3.8, 4) is 0 Å². The Morgan fingerprint density at radius 1 is 1.59 bits per heavy atom. The van der Waals surface area contributed by atoms with Gasteiger partial charge in [0.2, 0.25) is 5.91 Å². The second-order valence-electron chi connectivity index (χ2n) is 4.44. The van der Waals surface area contributed by atoms with Crippen molar-refractivity contribution in [1.82, 2.24) is 9.78 Å². The van der Waals surface area contributed by atoms with Gasteiger partial charge in [0.25, 0.3) is 0 Å². The van der Waals surface area contributed by atoms with E-state index in [1.54, 1.807) is 23.4 Å². The van der Waals surface area contributed by atoms with E-state index >= 15 is 0 Å². The van der Waals surface area contributed by atoms with E-state index in [2.05, 4.69) is 5.10 Å². The van der Waals surface area contributed by atoms with Crippen molar-refractivity contribution in [2.24, 2.45) is 18.5 Å². The van der Waals surface area contributed by atoms with Crippen LogP contribution in [0.2, 0.25) is 0 Å². The summed E-state index contributed by atoms with van der Waals surface area (Å²) in [5.41, 5.74) is 10.1. The summed E-state index contributed by atoms with van der Waals surface area (Å²) in [5, 5.41) is 4.09. The highest BCUT2D eigenvalue weighted by atomic mass is 32.2. The van der Waals surface area contributed by atoms with E-state index < -0.39 is 11.4 Å². The molecule has 4 N–H and O–H groups in total. The number of carbonyl (C=O) groups is 1. The van der Waals surface area contributed by atoms with Crippen LogP contribution in [-0.4, -0.2) is 27.0 Å². The lowest BCUT2D eigenvalue weighted by molar-refractivity contribution is -0.122. The van der Waals surface area contributed by atoms with Gasteiger partial charge in [0.1, 0.15) is 0 Å². The Hall–Kier alpha value is -1.01. The minimum atomic E-state index is -0.876. The number of nitrogens with two attached hydrogens (primary N) is 2. The van der Waals surface area contributed by atoms with Crippen LogP contribution < -0.4 is 11.5 Å². The van der Waals surface area contributed by atoms with Crippen LogP contribution in [0.4, 0.5) is 0 Å². The zero-order chi connectivity index (χ0) is 12.9. The molecule has 1 aromatic heterocycles. The van der Waals surface area contributed by atoms with Gasteiger partial charge in [-0.15, -0.1) is 11.8 Å². The Balaban J connectivity index is 2.15. The van der Waals surface area contributed by atoms with E-state index in [4.69, 9.17) is 11.5 Å². The van der Waals surface area contributed by atoms with Crippen LogP contribution in [0.15, 0.2) is 17.3 Å². The van der Waals surface area contributed by atoms with E-state index in [9.17, 15) is 4.79 Å². The molecular formula is C11H20N4OS. The lowest BCUT2D eigenvalue weighted by atomic mass is 9.96. The minimum Gasteiger partial charge on any atom is -0.368 e. The highest BCUT2D eigenvalue weighted by Gasteiger charge is 2.24. The van der Waals surface area contributed by atoms with E-state index in [-0.39, 0.29) is 0 Å². The lowest BCUT2D eigenvalue weighted by Crippen LogP contribution is -2.49. The third-order valence-corrected chi connectivity index (χ3v) is 3.64. The molecule has 0 aliphatic heterocycles. The summed E-state index contributed by atoms with van der Waals surface area (Å²) in [6.07, 6.45) is 6.39. The maximum absolute atomic E-state index is 11.0. The first-order chi connectivity index (χ1) is 7.92. The Kier molecular flexibility index (Phi) is 5.02. The van der Waals surface area contributed by atoms with Crippen LogP contribution >= 0.6 is 11.8 Å².